The van der Waals surface area contributed by atoms with Crippen LogP contribution in [-0.2, 0) is 0 Å². The monoisotopic (exact) mass is 383 g/mol. The fourth-order valence-electron chi connectivity index (χ4n) is 2.64. The molecule has 1 heterocycles. The van der Waals surface area contributed by atoms with Gasteiger partial charge in [0.05, 0.1) is 21.4 Å². The van der Waals surface area contributed by atoms with Crippen LogP contribution in [0.25, 0.3) is 0 Å². The van der Waals surface area contributed by atoms with Gasteiger partial charge >= 0.3 is 6.03 Å². The van der Waals surface area contributed by atoms with Crippen molar-refractivity contribution in [1.29, 1.82) is 0 Å². The lowest BCUT2D eigenvalue weighted by atomic mass is 10.2. The summed E-state index contributed by atoms with van der Waals surface area (Å²) in [6.07, 6.45) is 0. The van der Waals surface area contributed by atoms with Crippen LogP contribution in [-0.4, -0.2) is 37.1 Å². The van der Waals surface area contributed by atoms with E-state index >= 15 is 0 Å². The van der Waals surface area contributed by atoms with Crippen molar-refractivity contribution in [1.82, 2.24) is 4.90 Å². The normalized spacial score (nSPS) is 14.6. The molecule has 1 N–H and O–H groups in total. The van der Waals surface area contributed by atoms with E-state index in [9.17, 15) is 4.79 Å². The van der Waals surface area contributed by atoms with Gasteiger partial charge in [0.1, 0.15) is 0 Å². The molecule has 7 heteroatoms. The Kier molecular flexibility index (Phi) is 5.39. The molecular weight excluding hydrogens is 369 g/mol. The van der Waals surface area contributed by atoms with Gasteiger partial charge in [-0.15, -0.1) is 0 Å². The molecule has 0 atom stereocenters. The van der Waals surface area contributed by atoms with Gasteiger partial charge in [0.2, 0.25) is 0 Å². The van der Waals surface area contributed by atoms with Crippen LogP contribution >= 0.6 is 34.8 Å². The Morgan fingerprint density at radius 1 is 0.917 bits per heavy atom. The molecule has 0 bridgehead atoms. The van der Waals surface area contributed by atoms with Gasteiger partial charge in [0, 0.05) is 31.2 Å². The standard InChI is InChI=1S/C17H16Cl3N3O/c18-12-5-6-14(20)16(11-12)22-7-9-23(10-8-22)17(24)21-15-4-2-1-3-13(15)19/h1-6,11H,7-10H2,(H,21,24). The smallest absolute Gasteiger partial charge is 0.322 e. The molecule has 2 aromatic carbocycles. The first kappa shape index (κ1) is 17.2. The third-order valence-electron chi connectivity index (χ3n) is 3.93. The molecule has 0 saturated carbocycles. The molecule has 126 valence electrons. The maximum Gasteiger partial charge on any atom is 0.322 e. The quantitative estimate of drug-likeness (QED) is 0.791. The molecule has 2 aromatic rings. The summed E-state index contributed by atoms with van der Waals surface area (Å²) in [4.78, 5) is 16.3. The highest BCUT2D eigenvalue weighted by Gasteiger charge is 2.23. The predicted molar refractivity (Wildman–Crippen MR) is 101 cm³/mol. The topological polar surface area (TPSA) is 35.6 Å². The number of nitrogens with zero attached hydrogens (tertiary/aromatic N) is 2. The molecule has 4 nitrogen and oxygen atoms in total. The number of anilines is 2. The number of nitrogens with one attached hydrogen (secondary N) is 1. The van der Waals surface area contributed by atoms with Gasteiger partial charge in [-0.25, -0.2) is 4.79 Å². The first-order valence-corrected chi connectivity index (χ1v) is 8.68. The first-order valence-electron chi connectivity index (χ1n) is 7.55. The van der Waals surface area contributed by atoms with E-state index in [4.69, 9.17) is 34.8 Å². The molecular formula is C17H16Cl3N3O. The van der Waals surface area contributed by atoms with Crippen molar-refractivity contribution < 1.29 is 4.79 Å². The second kappa shape index (κ2) is 7.51. The lowest BCUT2D eigenvalue weighted by Gasteiger charge is -2.36. The van der Waals surface area contributed by atoms with Crippen LogP contribution in [0.5, 0.6) is 0 Å². The highest BCUT2D eigenvalue weighted by atomic mass is 35.5. The van der Waals surface area contributed by atoms with Crippen molar-refractivity contribution in [2.24, 2.45) is 0 Å². The van der Waals surface area contributed by atoms with Crippen LogP contribution < -0.4 is 10.2 Å². The minimum Gasteiger partial charge on any atom is -0.367 e. The van der Waals surface area contributed by atoms with E-state index in [1.54, 1.807) is 29.2 Å². The first-order chi connectivity index (χ1) is 11.5. The van der Waals surface area contributed by atoms with Crippen LogP contribution in [0.2, 0.25) is 15.1 Å². The number of carbonyl (C=O) groups excluding carboxylic acids is 1. The maximum absolute atomic E-state index is 12.4. The molecule has 24 heavy (non-hydrogen) atoms. The lowest BCUT2D eigenvalue weighted by molar-refractivity contribution is 0.208. The van der Waals surface area contributed by atoms with Gasteiger partial charge in [-0.1, -0.05) is 46.9 Å². The number of amides is 2. The van der Waals surface area contributed by atoms with Crippen molar-refractivity contribution in [2.45, 2.75) is 0 Å². The summed E-state index contributed by atoms with van der Waals surface area (Å²) in [5.74, 6) is 0. The Morgan fingerprint density at radius 3 is 2.33 bits per heavy atom. The van der Waals surface area contributed by atoms with E-state index < -0.39 is 0 Å². The van der Waals surface area contributed by atoms with Crippen molar-refractivity contribution in [3.8, 4) is 0 Å². The SMILES string of the molecule is O=C(Nc1ccccc1Cl)N1CCN(c2cc(Cl)ccc2Cl)CC1. The zero-order valence-corrected chi connectivity index (χ0v) is 15.1. The van der Waals surface area contributed by atoms with Gasteiger partial charge < -0.3 is 15.1 Å². The van der Waals surface area contributed by atoms with Crippen LogP contribution in [0.3, 0.4) is 0 Å². The summed E-state index contributed by atoms with van der Waals surface area (Å²) in [5.41, 5.74) is 1.51. The van der Waals surface area contributed by atoms with E-state index in [1.807, 2.05) is 18.2 Å². The number of piperazine rings is 1. The molecule has 0 radical (unpaired) electrons. The summed E-state index contributed by atoms with van der Waals surface area (Å²) < 4.78 is 0. The highest BCUT2D eigenvalue weighted by molar-refractivity contribution is 6.35. The average molecular weight is 385 g/mol. The van der Waals surface area contributed by atoms with Gasteiger partial charge in [0.15, 0.2) is 0 Å². The molecule has 1 saturated heterocycles. The van der Waals surface area contributed by atoms with E-state index in [0.29, 0.717) is 46.9 Å². The number of carbonyl (C=O) groups is 1. The average Bonchev–Trinajstić information content (AvgIpc) is 2.59. The van der Waals surface area contributed by atoms with Crippen molar-refractivity contribution >= 4 is 52.2 Å². The zero-order valence-electron chi connectivity index (χ0n) is 12.8. The number of hydrogen-bond acceptors (Lipinski definition) is 2. The van der Waals surface area contributed by atoms with Gasteiger partial charge in [-0.05, 0) is 30.3 Å². The van der Waals surface area contributed by atoms with Crippen molar-refractivity contribution in [3.05, 3.63) is 57.5 Å². The number of para-hydroxylation sites is 1. The summed E-state index contributed by atoms with van der Waals surface area (Å²) in [5, 5.41) is 4.67. The third kappa shape index (κ3) is 3.89. The second-order valence-electron chi connectivity index (χ2n) is 5.48. The lowest BCUT2D eigenvalue weighted by Crippen LogP contribution is -2.50. The Hall–Kier alpha value is -1.62. The van der Waals surface area contributed by atoms with Crippen molar-refractivity contribution in [3.63, 3.8) is 0 Å². The van der Waals surface area contributed by atoms with Gasteiger partial charge in [0.25, 0.3) is 0 Å². The Labute approximate surface area is 155 Å². The summed E-state index contributed by atoms with van der Waals surface area (Å²) >= 11 is 18.4. The summed E-state index contributed by atoms with van der Waals surface area (Å²) in [6, 6.07) is 12.4. The molecule has 3 rings (SSSR count). The summed E-state index contributed by atoms with van der Waals surface area (Å²) in [7, 11) is 0. The third-order valence-corrected chi connectivity index (χ3v) is 4.82. The van der Waals surface area contributed by atoms with E-state index in [0.717, 1.165) is 5.69 Å². The van der Waals surface area contributed by atoms with Crippen molar-refractivity contribution in [2.75, 3.05) is 36.4 Å². The zero-order chi connectivity index (χ0) is 17.1. The number of rotatable bonds is 2. The molecule has 1 aliphatic heterocycles. The van der Waals surface area contributed by atoms with E-state index in [2.05, 4.69) is 10.2 Å². The Balaban J connectivity index is 1.61. The summed E-state index contributed by atoms with van der Waals surface area (Å²) in [6.45, 7) is 2.57. The van der Waals surface area contributed by atoms with Gasteiger partial charge in [-0.2, -0.15) is 0 Å². The van der Waals surface area contributed by atoms with E-state index in [1.165, 1.54) is 0 Å². The minimum absolute atomic E-state index is 0.153. The minimum atomic E-state index is -0.153. The Bertz CT molecular complexity index is 746. The molecule has 2 amide bonds. The van der Waals surface area contributed by atoms with Gasteiger partial charge in [-0.3, -0.25) is 0 Å². The van der Waals surface area contributed by atoms with Crippen LogP contribution in [0.4, 0.5) is 16.2 Å². The fraction of sp³-hybridized carbons (Fsp3) is 0.235. The number of halogens is 3. The predicted octanol–water partition coefficient (Wildman–Crippen LogP) is 5.00. The van der Waals surface area contributed by atoms with Crippen LogP contribution in [0.1, 0.15) is 0 Å². The molecule has 1 fully saturated rings. The largest absolute Gasteiger partial charge is 0.367 e. The molecule has 0 spiro atoms. The van der Waals surface area contributed by atoms with Crippen LogP contribution in [0.15, 0.2) is 42.5 Å². The second-order valence-corrected chi connectivity index (χ2v) is 6.73. The molecule has 0 aromatic heterocycles. The Morgan fingerprint density at radius 2 is 1.62 bits per heavy atom. The maximum atomic E-state index is 12.4. The number of hydrogen-bond donors (Lipinski definition) is 1. The number of benzene rings is 2. The molecule has 0 unspecified atom stereocenters. The van der Waals surface area contributed by atoms with E-state index in [-0.39, 0.29) is 6.03 Å². The highest BCUT2D eigenvalue weighted by Crippen LogP contribution is 2.30. The van der Waals surface area contributed by atoms with Crippen LogP contribution in [0, 0.1) is 0 Å². The molecule has 1 aliphatic rings. The number of urea groups is 1. The fourth-order valence-corrected chi connectivity index (χ4v) is 3.22. The molecule has 0 aliphatic carbocycles.